The van der Waals surface area contributed by atoms with Crippen LogP contribution < -0.4 is 5.32 Å². The van der Waals surface area contributed by atoms with E-state index in [1.54, 1.807) is 0 Å². The predicted octanol–water partition coefficient (Wildman–Crippen LogP) is 2.03. The fourth-order valence-electron chi connectivity index (χ4n) is 1.80. The molecule has 1 unspecified atom stereocenters. The molecule has 2 nitrogen and oxygen atoms in total. The van der Waals surface area contributed by atoms with Crippen molar-refractivity contribution in [2.75, 3.05) is 6.54 Å². The highest BCUT2D eigenvalue weighted by molar-refractivity contribution is 6.00. The Morgan fingerprint density at radius 2 is 2.00 bits per heavy atom. The normalized spacial score (nSPS) is 21.9. The minimum Gasteiger partial charge on any atom is -0.292 e. The number of nitrogens with zero attached hydrogens (tertiary/aromatic N) is 1. The molecule has 73 valence electrons. The van der Waals surface area contributed by atoms with Gasteiger partial charge in [-0.15, -0.1) is 0 Å². The van der Waals surface area contributed by atoms with Crippen LogP contribution in [-0.2, 0) is 0 Å². The monoisotopic (exact) mass is 188 g/mol. The number of benzene rings is 1. The minimum atomic E-state index is -0.0776. The number of hydrogen-bond acceptors (Lipinski definition) is 1. The van der Waals surface area contributed by atoms with E-state index in [-0.39, 0.29) is 11.8 Å². The number of carbonyl (C=O) groups excluding carboxylic acids is 1. The van der Waals surface area contributed by atoms with E-state index in [2.05, 4.69) is 5.32 Å². The summed E-state index contributed by atoms with van der Waals surface area (Å²) >= 11 is 0. The van der Waals surface area contributed by atoms with Crippen molar-refractivity contribution in [1.82, 2.24) is 5.32 Å². The summed E-state index contributed by atoms with van der Waals surface area (Å²) in [5.74, 6) is 0.185. The lowest BCUT2D eigenvalue weighted by Crippen LogP contribution is -2.35. The highest BCUT2D eigenvalue weighted by Gasteiger charge is 2.22. The molecular weight excluding hydrogens is 174 g/mol. The standard InChI is InChI=1S/C12H14NO/c14-12(10-6-2-1-3-7-10)11-8-4-5-9-13-11/h1-3,6-7,11H,4-5,8-9H2. The second-order valence-electron chi connectivity index (χ2n) is 3.65. The second kappa shape index (κ2) is 4.38. The molecule has 0 aliphatic carbocycles. The Hall–Kier alpha value is -1.15. The van der Waals surface area contributed by atoms with Crippen molar-refractivity contribution in [3.63, 3.8) is 0 Å². The van der Waals surface area contributed by atoms with Crippen LogP contribution in [-0.4, -0.2) is 18.4 Å². The maximum absolute atomic E-state index is 11.9. The maximum Gasteiger partial charge on any atom is 0.181 e. The molecule has 0 aromatic heterocycles. The van der Waals surface area contributed by atoms with Crippen LogP contribution in [0.25, 0.3) is 0 Å². The first-order chi connectivity index (χ1) is 6.88. The number of carbonyl (C=O) groups is 1. The maximum atomic E-state index is 11.9. The summed E-state index contributed by atoms with van der Waals surface area (Å²) in [7, 11) is 0. The molecule has 2 heteroatoms. The van der Waals surface area contributed by atoms with Crippen LogP contribution in [0.5, 0.6) is 0 Å². The van der Waals surface area contributed by atoms with E-state index < -0.39 is 0 Å². The Morgan fingerprint density at radius 1 is 1.21 bits per heavy atom. The third-order valence-corrected chi connectivity index (χ3v) is 2.60. The average Bonchev–Trinajstić information content (AvgIpc) is 2.30. The van der Waals surface area contributed by atoms with Crippen LogP contribution in [0, 0.1) is 0 Å². The molecule has 1 aromatic carbocycles. The third kappa shape index (κ3) is 2.02. The molecule has 1 fully saturated rings. The minimum absolute atomic E-state index is 0.0776. The van der Waals surface area contributed by atoms with Gasteiger partial charge in [0, 0.05) is 12.1 Å². The van der Waals surface area contributed by atoms with Gasteiger partial charge in [0.2, 0.25) is 0 Å². The zero-order valence-electron chi connectivity index (χ0n) is 8.15. The molecule has 0 spiro atoms. The molecule has 1 heterocycles. The summed E-state index contributed by atoms with van der Waals surface area (Å²) < 4.78 is 0. The van der Waals surface area contributed by atoms with Crippen LogP contribution in [0.4, 0.5) is 0 Å². The Kier molecular flexibility index (Phi) is 2.94. The molecule has 1 radical (unpaired) electrons. The average molecular weight is 188 g/mol. The number of piperidine rings is 1. The van der Waals surface area contributed by atoms with Crippen molar-refractivity contribution < 1.29 is 4.79 Å². The summed E-state index contributed by atoms with van der Waals surface area (Å²) in [6.07, 6.45) is 3.19. The third-order valence-electron chi connectivity index (χ3n) is 2.60. The van der Waals surface area contributed by atoms with Gasteiger partial charge in [0.05, 0.1) is 6.04 Å². The highest BCUT2D eigenvalue weighted by Crippen LogP contribution is 2.13. The van der Waals surface area contributed by atoms with Crippen LogP contribution in [0.3, 0.4) is 0 Å². The van der Waals surface area contributed by atoms with Gasteiger partial charge in [-0.25, -0.2) is 5.32 Å². The van der Waals surface area contributed by atoms with Crippen molar-refractivity contribution in [2.45, 2.75) is 25.3 Å². The van der Waals surface area contributed by atoms with Crippen molar-refractivity contribution in [3.8, 4) is 0 Å². The zero-order chi connectivity index (χ0) is 9.80. The van der Waals surface area contributed by atoms with E-state index in [4.69, 9.17) is 0 Å². The number of hydrogen-bond donors (Lipinski definition) is 0. The lowest BCUT2D eigenvalue weighted by molar-refractivity contribution is 0.0924. The van der Waals surface area contributed by atoms with Gasteiger partial charge in [-0.1, -0.05) is 36.8 Å². The summed E-state index contributed by atoms with van der Waals surface area (Å²) in [5.41, 5.74) is 0.795. The van der Waals surface area contributed by atoms with Gasteiger partial charge in [-0.2, -0.15) is 0 Å². The quantitative estimate of drug-likeness (QED) is 0.653. The molecule has 0 bridgehead atoms. The number of Topliss-reactive ketones (excluding diaryl/α,β-unsaturated/α-hetero) is 1. The van der Waals surface area contributed by atoms with E-state index in [0.29, 0.717) is 0 Å². The van der Waals surface area contributed by atoms with Gasteiger partial charge in [0.25, 0.3) is 0 Å². The van der Waals surface area contributed by atoms with Crippen molar-refractivity contribution in [3.05, 3.63) is 35.9 Å². The predicted molar refractivity (Wildman–Crippen MR) is 55.4 cm³/mol. The molecule has 1 aliphatic rings. The van der Waals surface area contributed by atoms with Gasteiger partial charge in [-0.3, -0.25) is 4.79 Å². The van der Waals surface area contributed by atoms with E-state index >= 15 is 0 Å². The Labute approximate surface area is 84.3 Å². The second-order valence-corrected chi connectivity index (χ2v) is 3.65. The topological polar surface area (TPSA) is 31.2 Å². The zero-order valence-corrected chi connectivity index (χ0v) is 8.15. The SMILES string of the molecule is O=C(c1ccccc1)C1CCCC[N]1. The van der Waals surface area contributed by atoms with Crippen molar-refractivity contribution in [1.29, 1.82) is 0 Å². The van der Waals surface area contributed by atoms with E-state index in [1.807, 2.05) is 30.3 Å². The molecule has 0 saturated carbocycles. The lowest BCUT2D eigenvalue weighted by Gasteiger charge is -2.20. The van der Waals surface area contributed by atoms with Gasteiger partial charge in [-0.05, 0) is 12.8 Å². The lowest BCUT2D eigenvalue weighted by atomic mass is 9.96. The Morgan fingerprint density at radius 3 is 2.64 bits per heavy atom. The van der Waals surface area contributed by atoms with Gasteiger partial charge in [0.1, 0.15) is 0 Å². The van der Waals surface area contributed by atoms with Crippen LogP contribution in [0.2, 0.25) is 0 Å². The fraction of sp³-hybridized carbons (Fsp3) is 0.417. The molecular formula is C12H14NO. The van der Waals surface area contributed by atoms with Gasteiger partial charge in [0.15, 0.2) is 5.78 Å². The fourth-order valence-corrected chi connectivity index (χ4v) is 1.80. The van der Waals surface area contributed by atoms with E-state index in [9.17, 15) is 4.79 Å². The smallest absolute Gasteiger partial charge is 0.181 e. The van der Waals surface area contributed by atoms with E-state index in [0.717, 1.165) is 31.4 Å². The molecule has 1 aliphatic heterocycles. The van der Waals surface area contributed by atoms with Crippen molar-refractivity contribution >= 4 is 5.78 Å². The first kappa shape index (κ1) is 9.41. The molecule has 1 saturated heterocycles. The summed E-state index contributed by atoms with van der Waals surface area (Å²) in [6, 6.07) is 9.38. The molecule has 0 amide bonds. The number of rotatable bonds is 2. The highest BCUT2D eigenvalue weighted by atomic mass is 16.1. The largest absolute Gasteiger partial charge is 0.292 e. The summed E-state index contributed by atoms with van der Waals surface area (Å²) in [6.45, 7) is 0.850. The van der Waals surface area contributed by atoms with E-state index in [1.165, 1.54) is 0 Å². The van der Waals surface area contributed by atoms with Gasteiger partial charge < -0.3 is 0 Å². The Bertz CT molecular complexity index is 301. The molecule has 14 heavy (non-hydrogen) atoms. The van der Waals surface area contributed by atoms with Gasteiger partial charge >= 0.3 is 0 Å². The van der Waals surface area contributed by atoms with Crippen molar-refractivity contribution in [2.24, 2.45) is 0 Å². The molecule has 1 aromatic rings. The first-order valence-corrected chi connectivity index (χ1v) is 5.14. The first-order valence-electron chi connectivity index (χ1n) is 5.14. The number of ketones is 1. The molecule has 0 N–H and O–H groups in total. The summed E-state index contributed by atoms with van der Waals surface area (Å²) in [5, 5.41) is 4.36. The van der Waals surface area contributed by atoms with Crippen LogP contribution in [0.1, 0.15) is 29.6 Å². The van der Waals surface area contributed by atoms with Crippen LogP contribution in [0.15, 0.2) is 30.3 Å². The Balaban J connectivity index is 2.07. The molecule has 1 atom stereocenters. The summed E-state index contributed by atoms with van der Waals surface area (Å²) in [4.78, 5) is 11.9. The van der Waals surface area contributed by atoms with Crippen LogP contribution >= 0.6 is 0 Å². The molecule has 2 rings (SSSR count).